The van der Waals surface area contributed by atoms with Gasteiger partial charge in [-0.3, -0.25) is 0 Å². The van der Waals surface area contributed by atoms with Crippen LogP contribution in [-0.2, 0) is 9.53 Å². The van der Waals surface area contributed by atoms with Crippen LogP contribution < -0.4 is 0 Å². The van der Waals surface area contributed by atoms with Crippen molar-refractivity contribution in [1.29, 1.82) is 0 Å². The highest BCUT2D eigenvalue weighted by Crippen LogP contribution is 2.38. The molecule has 4 nitrogen and oxygen atoms in total. The van der Waals surface area contributed by atoms with Crippen LogP contribution in [0.4, 0.5) is 4.79 Å². The van der Waals surface area contributed by atoms with Gasteiger partial charge in [0.15, 0.2) is 0 Å². The summed E-state index contributed by atoms with van der Waals surface area (Å²) in [5.74, 6) is 0.131. The number of carbonyl (C=O) groups is 2. The lowest BCUT2D eigenvalue weighted by Crippen LogP contribution is -2.48. The van der Waals surface area contributed by atoms with Gasteiger partial charge in [0, 0.05) is 18.0 Å². The zero-order chi connectivity index (χ0) is 12.6. The van der Waals surface area contributed by atoms with E-state index >= 15 is 0 Å². The summed E-state index contributed by atoms with van der Waals surface area (Å²) in [6.07, 6.45) is 4.45. The van der Waals surface area contributed by atoms with E-state index in [9.17, 15) is 9.59 Å². The molecular weight excluding hydrogens is 218 g/mol. The molecule has 2 saturated heterocycles. The van der Waals surface area contributed by atoms with Gasteiger partial charge in [0.2, 0.25) is 0 Å². The van der Waals surface area contributed by atoms with Crippen molar-refractivity contribution < 1.29 is 14.3 Å². The minimum absolute atomic E-state index is 0.131. The number of amides is 1. The minimum Gasteiger partial charge on any atom is -0.444 e. The molecule has 2 rings (SSSR count). The topological polar surface area (TPSA) is 46.6 Å². The quantitative estimate of drug-likeness (QED) is 0.660. The Labute approximate surface area is 102 Å². The molecule has 0 aromatic rings. The lowest BCUT2D eigenvalue weighted by molar-refractivity contribution is -0.113. The second-order valence-electron chi connectivity index (χ2n) is 6.14. The molecule has 0 radical (unpaired) electrons. The highest BCUT2D eigenvalue weighted by molar-refractivity contribution is 5.70. The molecule has 17 heavy (non-hydrogen) atoms. The first-order valence-corrected chi connectivity index (χ1v) is 6.37. The highest BCUT2D eigenvalue weighted by atomic mass is 16.6. The monoisotopic (exact) mass is 239 g/mol. The number of hydrogen-bond donors (Lipinski definition) is 0. The Morgan fingerprint density at radius 3 is 2.18 bits per heavy atom. The maximum absolute atomic E-state index is 12.1. The van der Waals surface area contributed by atoms with E-state index in [0.717, 1.165) is 32.0 Å². The maximum atomic E-state index is 12.1. The van der Waals surface area contributed by atoms with Crippen LogP contribution in [-0.4, -0.2) is 35.0 Å². The van der Waals surface area contributed by atoms with E-state index < -0.39 is 5.60 Å². The third-order valence-electron chi connectivity index (χ3n) is 3.57. The van der Waals surface area contributed by atoms with Crippen molar-refractivity contribution in [3.63, 3.8) is 0 Å². The summed E-state index contributed by atoms with van der Waals surface area (Å²) in [6, 6.07) is 0.414. The van der Waals surface area contributed by atoms with Crippen molar-refractivity contribution in [3.05, 3.63) is 0 Å². The number of piperidine rings is 1. The lowest BCUT2D eigenvalue weighted by atomic mass is 9.92. The SMILES string of the molecule is CC(C)(C)OC(=O)N1C2CC[C@H]1CC(C=O)C2. The van der Waals surface area contributed by atoms with Gasteiger partial charge < -0.3 is 14.4 Å². The van der Waals surface area contributed by atoms with E-state index in [-0.39, 0.29) is 24.1 Å². The van der Waals surface area contributed by atoms with Crippen molar-refractivity contribution in [3.8, 4) is 0 Å². The van der Waals surface area contributed by atoms with E-state index in [1.54, 1.807) is 0 Å². The molecule has 0 saturated carbocycles. The summed E-state index contributed by atoms with van der Waals surface area (Å²) < 4.78 is 5.43. The van der Waals surface area contributed by atoms with Gasteiger partial charge in [-0.25, -0.2) is 4.79 Å². The lowest BCUT2D eigenvalue weighted by Gasteiger charge is -2.38. The Balaban J connectivity index is 2.04. The Bertz CT molecular complexity index is 307. The van der Waals surface area contributed by atoms with Gasteiger partial charge in [-0.1, -0.05) is 0 Å². The van der Waals surface area contributed by atoms with Gasteiger partial charge in [-0.05, 0) is 46.5 Å². The van der Waals surface area contributed by atoms with Crippen molar-refractivity contribution in [2.24, 2.45) is 5.92 Å². The first kappa shape index (κ1) is 12.4. The van der Waals surface area contributed by atoms with Crippen LogP contribution in [0.5, 0.6) is 0 Å². The molecule has 96 valence electrons. The summed E-state index contributed by atoms with van der Waals surface area (Å²) in [4.78, 5) is 24.8. The second-order valence-corrected chi connectivity index (χ2v) is 6.14. The molecule has 4 heteroatoms. The van der Waals surface area contributed by atoms with E-state index in [2.05, 4.69) is 0 Å². The number of rotatable bonds is 1. The first-order chi connectivity index (χ1) is 7.90. The van der Waals surface area contributed by atoms with Crippen LogP contribution in [0.1, 0.15) is 46.5 Å². The van der Waals surface area contributed by atoms with Crippen molar-refractivity contribution in [2.45, 2.75) is 64.1 Å². The largest absolute Gasteiger partial charge is 0.444 e. The second kappa shape index (κ2) is 4.31. The number of nitrogens with zero attached hydrogens (tertiary/aromatic N) is 1. The van der Waals surface area contributed by atoms with Gasteiger partial charge in [-0.15, -0.1) is 0 Å². The number of hydrogen-bond acceptors (Lipinski definition) is 3. The van der Waals surface area contributed by atoms with Crippen LogP contribution in [0.3, 0.4) is 0 Å². The summed E-state index contributed by atoms with van der Waals surface area (Å²) in [7, 11) is 0. The molecule has 2 bridgehead atoms. The molecule has 3 atom stereocenters. The highest BCUT2D eigenvalue weighted by Gasteiger charge is 2.44. The summed E-state index contributed by atoms with van der Waals surface area (Å²) >= 11 is 0. The van der Waals surface area contributed by atoms with Gasteiger partial charge >= 0.3 is 6.09 Å². The molecule has 1 amide bonds. The van der Waals surface area contributed by atoms with Crippen LogP contribution in [0.15, 0.2) is 0 Å². The molecule has 2 unspecified atom stereocenters. The van der Waals surface area contributed by atoms with Gasteiger partial charge in [0.05, 0.1) is 0 Å². The predicted molar refractivity (Wildman–Crippen MR) is 63.7 cm³/mol. The maximum Gasteiger partial charge on any atom is 0.410 e. The standard InChI is InChI=1S/C13H21NO3/c1-13(2,3)17-12(16)14-10-4-5-11(14)7-9(6-10)8-15/h8-11H,4-7H2,1-3H3/t9?,10-,11?/m0/s1. The van der Waals surface area contributed by atoms with Crippen LogP contribution in [0.25, 0.3) is 0 Å². The van der Waals surface area contributed by atoms with E-state index in [1.807, 2.05) is 25.7 Å². The average Bonchev–Trinajstić information content (AvgIpc) is 2.47. The summed E-state index contributed by atoms with van der Waals surface area (Å²) in [5, 5.41) is 0. The predicted octanol–water partition coefficient (Wildman–Crippen LogP) is 2.36. The zero-order valence-electron chi connectivity index (χ0n) is 10.8. The summed E-state index contributed by atoms with van der Waals surface area (Å²) in [5.41, 5.74) is -0.446. The molecule has 0 aromatic heterocycles. The zero-order valence-corrected chi connectivity index (χ0v) is 10.8. The molecular formula is C13H21NO3. The normalized spacial score (nSPS) is 32.4. The first-order valence-electron chi connectivity index (χ1n) is 6.37. The number of ether oxygens (including phenoxy) is 1. The fourth-order valence-electron chi connectivity index (χ4n) is 2.94. The third-order valence-corrected chi connectivity index (χ3v) is 3.57. The number of fused-ring (bicyclic) bond motifs is 2. The molecule has 2 heterocycles. The molecule has 0 spiro atoms. The molecule has 0 N–H and O–H groups in total. The van der Waals surface area contributed by atoms with Crippen LogP contribution >= 0.6 is 0 Å². The van der Waals surface area contributed by atoms with Crippen molar-refractivity contribution in [1.82, 2.24) is 4.90 Å². The van der Waals surface area contributed by atoms with E-state index in [0.29, 0.717) is 0 Å². The minimum atomic E-state index is -0.446. The Kier molecular flexibility index (Phi) is 3.15. The van der Waals surface area contributed by atoms with E-state index in [4.69, 9.17) is 4.74 Å². The molecule has 0 aliphatic carbocycles. The Hall–Kier alpha value is -1.06. The number of aldehydes is 1. The van der Waals surface area contributed by atoms with E-state index in [1.165, 1.54) is 0 Å². The Morgan fingerprint density at radius 2 is 1.76 bits per heavy atom. The van der Waals surface area contributed by atoms with Gasteiger partial charge in [-0.2, -0.15) is 0 Å². The van der Waals surface area contributed by atoms with Gasteiger partial charge in [0.1, 0.15) is 11.9 Å². The number of carbonyl (C=O) groups excluding carboxylic acids is 2. The van der Waals surface area contributed by atoms with Gasteiger partial charge in [0.25, 0.3) is 0 Å². The summed E-state index contributed by atoms with van der Waals surface area (Å²) in [6.45, 7) is 5.64. The fourth-order valence-corrected chi connectivity index (χ4v) is 2.94. The van der Waals surface area contributed by atoms with Crippen LogP contribution in [0.2, 0.25) is 0 Å². The van der Waals surface area contributed by atoms with Crippen molar-refractivity contribution >= 4 is 12.4 Å². The Morgan fingerprint density at radius 1 is 1.24 bits per heavy atom. The molecule has 2 aliphatic heterocycles. The smallest absolute Gasteiger partial charge is 0.410 e. The van der Waals surface area contributed by atoms with Crippen LogP contribution in [0, 0.1) is 5.92 Å². The third kappa shape index (κ3) is 2.61. The molecule has 2 aliphatic rings. The average molecular weight is 239 g/mol. The molecule has 2 fully saturated rings. The fraction of sp³-hybridized carbons (Fsp3) is 0.846. The van der Waals surface area contributed by atoms with Crippen molar-refractivity contribution in [2.75, 3.05) is 0 Å². The molecule has 0 aromatic carbocycles.